The van der Waals surface area contributed by atoms with Crippen molar-refractivity contribution in [1.29, 1.82) is 5.26 Å². The summed E-state index contributed by atoms with van der Waals surface area (Å²) >= 11 is 0. The van der Waals surface area contributed by atoms with Crippen LogP contribution in [0, 0.1) is 34.5 Å². The lowest BCUT2D eigenvalue weighted by Crippen LogP contribution is -2.31. The number of hydrogen-bond donors (Lipinski definition) is 0. The van der Waals surface area contributed by atoms with Gasteiger partial charge in [-0.3, -0.25) is 0 Å². The fraction of sp³-hybridized carbons (Fsp3) is 0.960. The highest BCUT2D eigenvalue weighted by molar-refractivity contribution is 5.02. The highest BCUT2D eigenvalue weighted by atomic mass is 14.4. The molecule has 2 fully saturated rings. The molecular weight excluding hydrogens is 314 g/mol. The summed E-state index contributed by atoms with van der Waals surface area (Å²) in [6, 6.07) is 2.78. The first kappa shape index (κ1) is 21.8. The smallest absolute Gasteiger partial charge is 0.0689 e. The first-order valence-corrected chi connectivity index (χ1v) is 12.1. The van der Waals surface area contributed by atoms with E-state index in [2.05, 4.69) is 19.9 Å². The normalized spacial score (nSPS) is 32.3. The molecule has 0 amide bonds. The molecule has 0 aromatic heterocycles. The maximum atomic E-state index is 9.85. The van der Waals surface area contributed by atoms with E-state index in [1.807, 2.05) is 0 Å². The minimum Gasteiger partial charge on any atom is -0.198 e. The Morgan fingerprint density at radius 3 is 1.88 bits per heavy atom. The zero-order valence-corrected chi connectivity index (χ0v) is 17.9. The van der Waals surface area contributed by atoms with Crippen LogP contribution in [0.3, 0.4) is 0 Å². The predicted molar refractivity (Wildman–Crippen MR) is 113 cm³/mol. The van der Waals surface area contributed by atoms with Gasteiger partial charge in [-0.1, -0.05) is 84.5 Å². The fourth-order valence-electron chi connectivity index (χ4n) is 5.86. The van der Waals surface area contributed by atoms with Crippen molar-refractivity contribution in [2.24, 2.45) is 23.2 Å². The van der Waals surface area contributed by atoms with Crippen molar-refractivity contribution in [2.75, 3.05) is 0 Å². The molecule has 0 saturated heterocycles. The summed E-state index contributed by atoms with van der Waals surface area (Å²) in [6.45, 7) is 4.61. The van der Waals surface area contributed by atoms with Gasteiger partial charge < -0.3 is 0 Å². The molecular formula is C25H45N. The van der Waals surface area contributed by atoms with E-state index in [9.17, 15) is 5.26 Å². The van der Waals surface area contributed by atoms with E-state index in [1.54, 1.807) is 0 Å². The summed E-state index contributed by atoms with van der Waals surface area (Å²) in [7, 11) is 0. The molecule has 2 aliphatic rings. The first-order chi connectivity index (χ1) is 12.7. The lowest BCUT2D eigenvalue weighted by atomic mass is 9.63. The molecule has 0 aromatic rings. The number of rotatable bonds is 11. The van der Waals surface area contributed by atoms with Crippen molar-refractivity contribution >= 4 is 0 Å². The largest absolute Gasteiger partial charge is 0.198 e. The average Bonchev–Trinajstić information content (AvgIpc) is 2.69. The van der Waals surface area contributed by atoms with Crippen LogP contribution in [0.25, 0.3) is 0 Å². The second-order valence-electron chi connectivity index (χ2n) is 9.67. The highest BCUT2D eigenvalue weighted by Crippen LogP contribution is 2.47. The van der Waals surface area contributed by atoms with Crippen LogP contribution < -0.4 is 0 Å². The number of unbranched alkanes of at least 4 members (excludes halogenated alkanes) is 6. The Balaban J connectivity index is 1.64. The van der Waals surface area contributed by atoms with Gasteiger partial charge in [0.15, 0.2) is 0 Å². The molecule has 1 nitrogen and oxygen atoms in total. The zero-order chi connectivity index (χ0) is 18.7. The summed E-state index contributed by atoms with van der Waals surface area (Å²) in [5.41, 5.74) is 0.0410. The van der Waals surface area contributed by atoms with Crippen molar-refractivity contribution in [3.8, 4) is 6.07 Å². The maximum absolute atomic E-state index is 9.85. The van der Waals surface area contributed by atoms with Crippen LogP contribution in [0.15, 0.2) is 0 Å². The van der Waals surface area contributed by atoms with E-state index in [4.69, 9.17) is 0 Å². The third-order valence-electron chi connectivity index (χ3n) is 7.74. The molecule has 150 valence electrons. The van der Waals surface area contributed by atoms with Gasteiger partial charge in [-0.2, -0.15) is 5.26 Å². The van der Waals surface area contributed by atoms with Crippen molar-refractivity contribution < 1.29 is 0 Å². The average molecular weight is 360 g/mol. The molecule has 2 saturated carbocycles. The van der Waals surface area contributed by atoms with Crippen LogP contribution in [-0.2, 0) is 0 Å². The Labute approximate surface area is 164 Å². The summed E-state index contributed by atoms with van der Waals surface area (Å²) in [5.74, 6) is 2.95. The van der Waals surface area contributed by atoms with E-state index in [0.29, 0.717) is 0 Å². The quantitative estimate of drug-likeness (QED) is 0.339. The minimum absolute atomic E-state index is 0.0410. The van der Waals surface area contributed by atoms with E-state index in [0.717, 1.165) is 17.8 Å². The lowest BCUT2D eigenvalue weighted by molar-refractivity contribution is 0.115. The molecule has 0 aliphatic heterocycles. The van der Waals surface area contributed by atoms with Crippen LogP contribution in [-0.4, -0.2) is 0 Å². The second-order valence-corrected chi connectivity index (χ2v) is 9.67. The summed E-state index contributed by atoms with van der Waals surface area (Å²) in [4.78, 5) is 0. The molecule has 0 unspecified atom stereocenters. The van der Waals surface area contributed by atoms with Crippen LogP contribution >= 0.6 is 0 Å². The Kier molecular flexibility index (Phi) is 10.1. The highest BCUT2D eigenvalue weighted by Gasteiger charge is 2.38. The van der Waals surface area contributed by atoms with E-state index >= 15 is 0 Å². The minimum atomic E-state index is 0.0410. The van der Waals surface area contributed by atoms with Crippen molar-refractivity contribution in [1.82, 2.24) is 0 Å². The fourth-order valence-corrected chi connectivity index (χ4v) is 5.86. The molecule has 2 aliphatic carbocycles. The number of nitriles is 1. The molecule has 0 radical (unpaired) electrons. The van der Waals surface area contributed by atoms with Gasteiger partial charge in [0.2, 0.25) is 0 Å². The predicted octanol–water partition coefficient (Wildman–Crippen LogP) is 8.43. The third-order valence-corrected chi connectivity index (χ3v) is 7.74. The van der Waals surface area contributed by atoms with Gasteiger partial charge in [-0.05, 0) is 62.7 Å². The lowest BCUT2D eigenvalue weighted by Gasteiger charge is -2.41. The van der Waals surface area contributed by atoms with Gasteiger partial charge >= 0.3 is 0 Å². The number of hydrogen-bond acceptors (Lipinski definition) is 1. The van der Waals surface area contributed by atoms with Gasteiger partial charge in [-0.25, -0.2) is 0 Å². The summed E-state index contributed by atoms with van der Waals surface area (Å²) in [5, 5.41) is 9.85. The summed E-state index contributed by atoms with van der Waals surface area (Å²) in [6.07, 6.45) is 24.5. The second kappa shape index (κ2) is 12.0. The molecule has 26 heavy (non-hydrogen) atoms. The Morgan fingerprint density at radius 1 is 0.731 bits per heavy atom. The molecule has 0 bridgehead atoms. The van der Waals surface area contributed by atoms with Gasteiger partial charge in [0.05, 0.1) is 11.5 Å². The number of nitrogens with zero attached hydrogens (tertiary/aromatic N) is 1. The molecule has 0 N–H and O–H groups in total. The Morgan fingerprint density at radius 2 is 1.31 bits per heavy atom. The van der Waals surface area contributed by atoms with Crippen LogP contribution in [0.1, 0.15) is 129 Å². The van der Waals surface area contributed by atoms with Crippen molar-refractivity contribution in [2.45, 2.75) is 129 Å². The van der Waals surface area contributed by atoms with Crippen LogP contribution in [0.5, 0.6) is 0 Å². The van der Waals surface area contributed by atoms with Gasteiger partial charge in [-0.15, -0.1) is 0 Å². The van der Waals surface area contributed by atoms with E-state index in [1.165, 1.54) is 116 Å². The SMILES string of the molecule is CCCCCCCCC[C@]1(C#N)CC[C@@H](C2CCC(CCC)CC2)CC1. The monoisotopic (exact) mass is 359 g/mol. The zero-order valence-electron chi connectivity index (χ0n) is 17.9. The van der Waals surface area contributed by atoms with Crippen molar-refractivity contribution in [3.05, 3.63) is 0 Å². The molecule has 0 heterocycles. The van der Waals surface area contributed by atoms with Crippen LogP contribution in [0.2, 0.25) is 0 Å². The third kappa shape index (κ3) is 6.90. The topological polar surface area (TPSA) is 23.8 Å². The molecule has 0 atom stereocenters. The van der Waals surface area contributed by atoms with Crippen LogP contribution in [0.4, 0.5) is 0 Å². The molecule has 2 rings (SSSR count). The van der Waals surface area contributed by atoms with Gasteiger partial charge in [0, 0.05) is 0 Å². The summed E-state index contributed by atoms with van der Waals surface area (Å²) < 4.78 is 0. The maximum Gasteiger partial charge on any atom is 0.0689 e. The van der Waals surface area contributed by atoms with E-state index in [-0.39, 0.29) is 5.41 Å². The first-order valence-electron chi connectivity index (χ1n) is 12.1. The van der Waals surface area contributed by atoms with Crippen molar-refractivity contribution in [3.63, 3.8) is 0 Å². The molecule has 0 aromatic carbocycles. The van der Waals surface area contributed by atoms with Gasteiger partial charge in [0.1, 0.15) is 0 Å². The van der Waals surface area contributed by atoms with E-state index < -0.39 is 0 Å². The Bertz CT molecular complexity index is 391. The standard InChI is InChI=1S/C25H45N/c1-3-5-6-7-8-9-10-18-25(21-26)19-16-24(17-20-25)23-14-12-22(11-4-2)13-15-23/h22-24H,3-20H2,1-2H3/t22?,23?,24-,25+. The molecule has 1 heteroatoms. The Hall–Kier alpha value is -0.510. The van der Waals surface area contributed by atoms with Gasteiger partial charge in [0.25, 0.3) is 0 Å². The molecule has 0 spiro atoms.